The van der Waals surface area contributed by atoms with Crippen molar-refractivity contribution in [2.45, 2.75) is 6.92 Å². The maximum atomic E-state index is 10.5. The number of hydrogen-bond donors (Lipinski definition) is 0. The number of nitro groups is 1. The highest BCUT2D eigenvalue weighted by atomic mass is 79.9. The first-order chi connectivity index (χ1) is 6.15. The molecule has 0 saturated carbocycles. The van der Waals surface area contributed by atoms with Crippen LogP contribution in [-0.4, -0.2) is 16.5 Å². The third-order valence-electron chi connectivity index (χ3n) is 1.31. The molecule has 0 radical (unpaired) electrons. The molecular weight excluding hydrogens is 240 g/mol. The van der Waals surface area contributed by atoms with Gasteiger partial charge in [0, 0.05) is 0 Å². The average molecular weight is 247 g/mol. The summed E-state index contributed by atoms with van der Waals surface area (Å²) in [7, 11) is 0. The minimum atomic E-state index is -0.503. The summed E-state index contributed by atoms with van der Waals surface area (Å²) in [5.41, 5.74) is -0.0799. The molecule has 0 bridgehead atoms. The van der Waals surface area contributed by atoms with Gasteiger partial charge in [-0.3, -0.25) is 10.1 Å². The molecule has 0 fully saturated rings. The lowest BCUT2D eigenvalue weighted by Gasteiger charge is -2.02. The van der Waals surface area contributed by atoms with Gasteiger partial charge < -0.3 is 4.74 Å². The van der Waals surface area contributed by atoms with Crippen LogP contribution in [0.5, 0.6) is 5.75 Å². The molecule has 0 aliphatic carbocycles. The molecular formula is C7H7BrN2O3. The van der Waals surface area contributed by atoms with E-state index in [0.29, 0.717) is 11.2 Å². The lowest BCUT2D eigenvalue weighted by molar-refractivity contribution is -0.386. The third kappa shape index (κ3) is 2.38. The molecule has 5 nitrogen and oxygen atoms in total. The largest absolute Gasteiger partial charge is 0.486 e. The quantitative estimate of drug-likeness (QED) is 0.466. The molecule has 0 atom stereocenters. The van der Waals surface area contributed by atoms with Crippen LogP contribution in [0.25, 0.3) is 0 Å². The minimum Gasteiger partial charge on any atom is -0.486 e. The number of pyridine rings is 1. The van der Waals surface area contributed by atoms with Crippen molar-refractivity contribution >= 4 is 21.6 Å². The van der Waals surface area contributed by atoms with E-state index in [2.05, 4.69) is 20.9 Å². The van der Waals surface area contributed by atoms with Crippen LogP contribution in [0.3, 0.4) is 0 Å². The van der Waals surface area contributed by atoms with Crippen molar-refractivity contribution in [1.82, 2.24) is 4.98 Å². The molecule has 0 aromatic carbocycles. The van der Waals surface area contributed by atoms with Gasteiger partial charge in [-0.05, 0) is 22.9 Å². The molecule has 1 aromatic heterocycles. The maximum absolute atomic E-state index is 10.5. The Kier molecular flexibility index (Phi) is 3.18. The Morgan fingerprint density at radius 1 is 1.77 bits per heavy atom. The van der Waals surface area contributed by atoms with Gasteiger partial charge in [0.05, 0.1) is 23.8 Å². The summed E-state index contributed by atoms with van der Waals surface area (Å²) in [4.78, 5) is 13.9. The van der Waals surface area contributed by atoms with Crippen LogP contribution in [0, 0.1) is 10.1 Å². The molecule has 1 aromatic rings. The van der Waals surface area contributed by atoms with Crippen molar-refractivity contribution in [3.05, 3.63) is 27.0 Å². The summed E-state index contributed by atoms with van der Waals surface area (Å²) < 4.78 is 5.45. The fourth-order valence-electron chi connectivity index (χ4n) is 0.817. The van der Waals surface area contributed by atoms with E-state index >= 15 is 0 Å². The molecule has 6 heteroatoms. The highest BCUT2D eigenvalue weighted by molar-refractivity contribution is 9.10. The second-order valence-corrected chi connectivity index (χ2v) is 2.98. The Bertz CT molecular complexity index is 330. The maximum Gasteiger partial charge on any atom is 0.315 e. The highest BCUT2D eigenvalue weighted by Crippen LogP contribution is 2.27. The number of rotatable bonds is 3. The van der Waals surface area contributed by atoms with Crippen LogP contribution in [-0.2, 0) is 0 Å². The van der Waals surface area contributed by atoms with E-state index in [9.17, 15) is 10.1 Å². The number of nitrogens with zero attached hydrogens (tertiary/aromatic N) is 2. The summed E-state index contributed by atoms with van der Waals surface area (Å²) in [6.45, 7) is 2.13. The number of aromatic nitrogens is 1. The Hall–Kier alpha value is -1.17. The van der Waals surface area contributed by atoms with E-state index in [1.165, 1.54) is 12.3 Å². The molecule has 13 heavy (non-hydrogen) atoms. The number of halogens is 1. The minimum absolute atomic E-state index is 0.0799. The lowest BCUT2D eigenvalue weighted by atomic mass is 10.4. The number of ether oxygens (including phenoxy) is 1. The number of hydrogen-bond acceptors (Lipinski definition) is 4. The Labute approximate surface area is 83.0 Å². The van der Waals surface area contributed by atoms with E-state index in [-0.39, 0.29) is 11.4 Å². The Balaban J connectivity index is 3.10. The van der Waals surface area contributed by atoms with Crippen molar-refractivity contribution < 1.29 is 9.66 Å². The van der Waals surface area contributed by atoms with Gasteiger partial charge >= 0.3 is 5.69 Å². The molecule has 0 aliphatic heterocycles. The van der Waals surface area contributed by atoms with Gasteiger partial charge in [0.2, 0.25) is 5.75 Å². The van der Waals surface area contributed by atoms with Crippen LogP contribution in [0.1, 0.15) is 6.92 Å². The van der Waals surface area contributed by atoms with Crippen molar-refractivity contribution in [2.24, 2.45) is 0 Å². The summed E-state index contributed by atoms with van der Waals surface area (Å²) in [6, 6.07) is 1.31. The summed E-state index contributed by atoms with van der Waals surface area (Å²) in [5, 5.41) is 10.5. The third-order valence-corrected chi connectivity index (χ3v) is 1.74. The molecule has 70 valence electrons. The fraction of sp³-hybridized carbons (Fsp3) is 0.286. The van der Waals surface area contributed by atoms with Crippen LogP contribution >= 0.6 is 15.9 Å². The van der Waals surface area contributed by atoms with E-state index in [0.717, 1.165) is 0 Å². The first-order valence-corrected chi connectivity index (χ1v) is 4.37. The first kappa shape index (κ1) is 9.91. The molecule has 0 saturated heterocycles. The lowest BCUT2D eigenvalue weighted by Crippen LogP contribution is -1.98. The zero-order chi connectivity index (χ0) is 9.84. The molecule has 0 aliphatic rings. The predicted molar refractivity (Wildman–Crippen MR) is 49.8 cm³/mol. The molecule has 0 spiro atoms. The van der Waals surface area contributed by atoms with Gasteiger partial charge in [0.1, 0.15) is 4.60 Å². The highest BCUT2D eigenvalue weighted by Gasteiger charge is 2.15. The Morgan fingerprint density at radius 3 is 3.00 bits per heavy atom. The monoisotopic (exact) mass is 246 g/mol. The van der Waals surface area contributed by atoms with Crippen molar-refractivity contribution in [1.29, 1.82) is 0 Å². The topological polar surface area (TPSA) is 65.3 Å². The summed E-state index contributed by atoms with van der Waals surface area (Å²) in [6.07, 6.45) is 1.33. The second-order valence-electron chi connectivity index (χ2n) is 2.16. The molecule has 0 unspecified atom stereocenters. The molecule has 0 N–H and O–H groups in total. The van der Waals surface area contributed by atoms with E-state index in [1.54, 1.807) is 6.92 Å². The summed E-state index contributed by atoms with van der Waals surface area (Å²) in [5.74, 6) is 0.190. The van der Waals surface area contributed by atoms with Crippen molar-refractivity contribution in [2.75, 3.05) is 6.61 Å². The van der Waals surface area contributed by atoms with Crippen LogP contribution in [0.2, 0.25) is 0 Å². The van der Waals surface area contributed by atoms with Gasteiger partial charge in [-0.25, -0.2) is 4.98 Å². The van der Waals surface area contributed by atoms with Crippen molar-refractivity contribution in [3.63, 3.8) is 0 Å². The van der Waals surface area contributed by atoms with Crippen LogP contribution in [0.4, 0.5) is 5.69 Å². The normalized spacial score (nSPS) is 9.69. The standard InChI is InChI=1S/C7H7BrN2O3/c1-2-13-6-4-9-7(8)3-5(6)10(11)12/h3-4H,2H2,1H3. The van der Waals surface area contributed by atoms with Crippen LogP contribution < -0.4 is 4.74 Å². The smallest absolute Gasteiger partial charge is 0.315 e. The predicted octanol–water partition coefficient (Wildman–Crippen LogP) is 2.15. The van der Waals surface area contributed by atoms with E-state index in [1.807, 2.05) is 0 Å². The zero-order valence-corrected chi connectivity index (χ0v) is 8.44. The van der Waals surface area contributed by atoms with E-state index in [4.69, 9.17) is 4.74 Å². The van der Waals surface area contributed by atoms with Gasteiger partial charge in [0.15, 0.2) is 0 Å². The zero-order valence-electron chi connectivity index (χ0n) is 6.86. The van der Waals surface area contributed by atoms with Gasteiger partial charge in [0.25, 0.3) is 0 Å². The molecule has 1 heterocycles. The van der Waals surface area contributed by atoms with Gasteiger partial charge in [-0.1, -0.05) is 0 Å². The average Bonchev–Trinajstić information content (AvgIpc) is 2.08. The SMILES string of the molecule is CCOc1cnc(Br)cc1[N+](=O)[O-]. The second kappa shape index (κ2) is 4.18. The van der Waals surface area contributed by atoms with Crippen LogP contribution in [0.15, 0.2) is 16.9 Å². The Morgan fingerprint density at radius 2 is 2.46 bits per heavy atom. The summed E-state index contributed by atoms with van der Waals surface area (Å²) >= 11 is 3.04. The fourth-order valence-corrected chi connectivity index (χ4v) is 1.14. The van der Waals surface area contributed by atoms with Crippen molar-refractivity contribution in [3.8, 4) is 5.75 Å². The molecule has 1 rings (SSSR count). The van der Waals surface area contributed by atoms with Gasteiger partial charge in [-0.15, -0.1) is 0 Å². The van der Waals surface area contributed by atoms with Gasteiger partial charge in [-0.2, -0.15) is 0 Å². The van der Waals surface area contributed by atoms with E-state index < -0.39 is 4.92 Å². The molecule has 0 amide bonds. The first-order valence-electron chi connectivity index (χ1n) is 3.58.